The average Bonchev–Trinajstić information content (AvgIpc) is 3.34. The standard InChI is InChI=1S/C18H18O2/c1-3-8-15(9-4-1)10-7-13-19-18(17-14-20-17)16-11-5-2-6-12-16/h1-12,17-18H,13-14H2. The van der Waals surface area contributed by atoms with Gasteiger partial charge in [0.15, 0.2) is 0 Å². The lowest BCUT2D eigenvalue weighted by atomic mass is 10.1. The molecule has 2 nitrogen and oxygen atoms in total. The van der Waals surface area contributed by atoms with E-state index in [1.807, 2.05) is 42.5 Å². The van der Waals surface area contributed by atoms with E-state index < -0.39 is 0 Å². The Morgan fingerprint density at radius 3 is 2.35 bits per heavy atom. The van der Waals surface area contributed by atoms with Crippen LogP contribution in [0.3, 0.4) is 0 Å². The van der Waals surface area contributed by atoms with Gasteiger partial charge in [-0.3, -0.25) is 0 Å². The molecule has 0 bridgehead atoms. The van der Waals surface area contributed by atoms with E-state index in [2.05, 4.69) is 30.3 Å². The third kappa shape index (κ3) is 3.56. The summed E-state index contributed by atoms with van der Waals surface area (Å²) in [7, 11) is 0. The lowest BCUT2D eigenvalue weighted by Gasteiger charge is -2.14. The third-order valence-corrected chi connectivity index (χ3v) is 3.31. The first kappa shape index (κ1) is 13.1. The van der Waals surface area contributed by atoms with Crippen LogP contribution in [0.5, 0.6) is 0 Å². The Hall–Kier alpha value is -1.90. The molecule has 2 atom stereocenters. The fraction of sp³-hybridized carbons (Fsp3) is 0.222. The van der Waals surface area contributed by atoms with Crippen molar-refractivity contribution in [1.29, 1.82) is 0 Å². The van der Waals surface area contributed by atoms with Crippen molar-refractivity contribution >= 4 is 6.08 Å². The summed E-state index contributed by atoms with van der Waals surface area (Å²) in [5.41, 5.74) is 2.37. The molecule has 2 heteroatoms. The minimum Gasteiger partial charge on any atom is -0.370 e. The van der Waals surface area contributed by atoms with E-state index in [4.69, 9.17) is 9.47 Å². The predicted molar refractivity (Wildman–Crippen MR) is 80.4 cm³/mol. The molecular formula is C18H18O2. The van der Waals surface area contributed by atoms with Crippen molar-refractivity contribution in [2.45, 2.75) is 12.2 Å². The van der Waals surface area contributed by atoms with Crippen molar-refractivity contribution in [1.82, 2.24) is 0 Å². The van der Waals surface area contributed by atoms with Gasteiger partial charge in [-0.2, -0.15) is 0 Å². The van der Waals surface area contributed by atoms with Crippen LogP contribution >= 0.6 is 0 Å². The number of ether oxygens (including phenoxy) is 2. The molecular weight excluding hydrogens is 248 g/mol. The molecule has 3 rings (SSSR count). The number of benzene rings is 2. The molecule has 1 saturated heterocycles. The second kappa shape index (κ2) is 6.51. The van der Waals surface area contributed by atoms with Crippen LogP contribution in [0.25, 0.3) is 6.08 Å². The van der Waals surface area contributed by atoms with E-state index in [-0.39, 0.29) is 12.2 Å². The molecule has 20 heavy (non-hydrogen) atoms. The normalized spacial score (nSPS) is 19.1. The molecule has 0 aliphatic carbocycles. The van der Waals surface area contributed by atoms with Crippen LogP contribution in [0.1, 0.15) is 17.2 Å². The van der Waals surface area contributed by atoms with E-state index in [1.54, 1.807) is 0 Å². The van der Waals surface area contributed by atoms with E-state index in [0.717, 1.165) is 6.61 Å². The van der Waals surface area contributed by atoms with E-state index in [0.29, 0.717) is 6.61 Å². The third-order valence-electron chi connectivity index (χ3n) is 3.31. The highest BCUT2D eigenvalue weighted by Gasteiger charge is 2.34. The van der Waals surface area contributed by atoms with E-state index >= 15 is 0 Å². The van der Waals surface area contributed by atoms with Gasteiger partial charge < -0.3 is 9.47 Å². The largest absolute Gasteiger partial charge is 0.370 e. The van der Waals surface area contributed by atoms with Gasteiger partial charge in [-0.1, -0.05) is 72.8 Å². The first-order chi connectivity index (χ1) is 9.93. The quantitative estimate of drug-likeness (QED) is 0.741. The molecule has 102 valence electrons. The zero-order chi connectivity index (χ0) is 13.6. The fourth-order valence-electron chi connectivity index (χ4n) is 2.20. The Morgan fingerprint density at radius 2 is 1.70 bits per heavy atom. The summed E-state index contributed by atoms with van der Waals surface area (Å²) in [5.74, 6) is 0. The van der Waals surface area contributed by atoms with Crippen molar-refractivity contribution in [2.24, 2.45) is 0 Å². The Labute approximate surface area is 119 Å². The second-order valence-corrected chi connectivity index (χ2v) is 4.85. The van der Waals surface area contributed by atoms with Crippen molar-refractivity contribution in [3.8, 4) is 0 Å². The van der Waals surface area contributed by atoms with Crippen LogP contribution < -0.4 is 0 Å². The van der Waals surface area contributed by atoms with Gasteiger partial charge in [0, 0.05) is 0 Å². The molecule has 2 aromatic rings. The van der Waals surface area contributed by atoms with E-state index in [9.17, 15) is 0 Å². The zero-order valence-electron chi connectivity index (χ0n) is 11.3. The Balaban J connectivity index is 1.57. The molecule has 0 amide bonds. The molecule has 2 aromatic carbocycles. The minimum absolute atomic E-state index is 0.0385. The maximum atomic E-state index is 5.96. The van der Waals surface area contributed by atoms with Gasteiger partial charge in [-0.25, -0.2) is 0 Å². The summed E-state index contributed by atoms with van der Waals surface area (Å²) in [4.78, 5) is 0. The van der Waals surface area contributed by atoms with Crippen LogP contribution in [-0.2, 0) is 9.47 Å². The number of hydrogen-bond donors (Lipinski definition) is 0. The van der Waals surface area contributed by atoms with Gasteiger partial charge >= 0.3 is 0 Å². The Kier molecular flexibility index (Phi) is 4.26. The molecule has 0 aromatic heterocycles. The second-order valence-electron chi connectivity index (χ2n) is 4.85. The van der Waals surface area contributed by atoms with Gasteiger partial charge in [0.25, 0.3) is 0 Å². The Morgan fingerprint density at radius 1 is 1.05 bits per heavy atom. The van der Waals surface area contributed by atoms with Gasteiger partial charge in [-0.15, -0.1) is 0 Å². The van der Waals surface area contributed by atoms with Crippen LogP contribution in [0.4, 0.5) is 0 Å². The predicted octanol–water partition coefficient (Wildman–Crippen LogP) is 3.86. The fourth-order valence-corrected chi connectivity index (χ4v) is 2.20. The highest BCUT2D eigenvalue weighted by atomic mass is 16.6. The Bertz CT molecular complexity index is 544. The average molecular weight is 266 g/mol. The summed E-state index contributed by atoms with van der Waals surface area (Å²) in [6.45, 7) is 1.39. The SMILES string of the molecule is C(=Cc1ccccc1)COC(c1ccccc1)C1CO1. The van der Waals surface area contributed by atoms with E-state index in [1.165, 1.54) is 11.1 Å². The molecule has 0 saturated carbocycles. The monoisotopic (exact) mass is 266 g/mol. The number of hydrogen-bond acceptors (Lipinski definition) is 2. The highest BCUT2D eigenvalue weighted by molar-refractivity contribution is 5.48. The summed E-state index contributed by atoms with van der Waals surface area (Å²) in [6.07, 6.45) is 4.38. The molecule has 0 N–H and O–H groups in total. The molecule has 1 fully saturated rings. The van der Waals surface area contributed by atoms with Crippen LogP contribution in [0.15, 0.2) is 66.7 Å². The maximum absolute atomic E-state index is 5.96. The van der Waals surface area contributed by atoms with Crippen molar-refractivity contribution in [3.05, 3.63) is 77.9 Å². The van der Waals surface area contributed by atoms with Gasteiger partial charge in [-0.05, 0) is 11.1 Å². The zero-order valence-corrected chi connectivity index (χ0v) is 11.3. The highest BCUT2D eigenvalue weighted by Crippen LogP contribution is 2.30. The molecule has 1 aliphatic heterocycles. The first-order valence-electron chi connectivity index (χ1n) is 6.93. The van der Waals surface area contributed by atoms with Crippen LogP contribution in [0.2, 0.25) is 0 Å². The molecule has 0 radical (unpaired) electrons. The number of rotatable bonds is 6. The molecule has 1 heterocycles. The first-order valence-corrected chi connectivity index (χ1v) is 6.93. The number of epoxide rings is 1. The minimum atomic E-state index is 0.0385. The van der Waals surface area contributed by atoms with Crippen molar-refractivity contribution < 1.29 is 9.47 Å². The summed E-state index contributed by atoms with van der Waals surface area (Å²) in [5, 5.41) is 0. The van der Waals surface area contributed by atoms with Crippen LogP contribution in [-0.4, -0.2) is 19.3 Å². The van der Waals surface area contributed by atoms with Crippen molar-refractivity contribution in [2.75, 3.05) is 13.2 Å². The van der Waals surface area contributed by atoms with Gasteiger partial charge in [0.2, 0.25) is 0 Å². The molecule has 0 spiro atoms. The summed E-state index contributed by atoms with van der Waals surface area (Å²) >= 11 is 0. The lowest BCUT2D eigenvalue weighted by molar-refractivity contribution is 0.0512. The van der Waals surface area contributed by atoms with Crippen molar-refractivity contribution in [3.63, 3.8) is 0 Å². The topological polar surface area (TPSA) is 21.8 Å². The molecule has 2 unspecified atom stereocenters. The summed E-state index contributed by atoms with van der Waals surface area (Å²) < 4.78 is 11.4. The lowest BCUT2D eigenvalue weighted by Crippen LogP contribution is -2.11. The maximum Gasteiger partial charge on any atom is 0.111 e. The smallest absolute Gasteiger partial charge is 0.111 e. The van der Waals surface area contributed by atoms with Gasteiger partial charge in [0.05, 0.1) is 13.2 Å². The summed E-state index contributed by atoms with van der Waals surface area (Å²) in [6, 6.07) is 20.5. The molecule has 1 aliphatic rings. The van der Waals surface area contributed by atoms with Gasteiger partial charge in [0.1, 0.15) is 12.2 Å². The van der Waals surface area contributed by atoms with Crippen LogP contribution in [0, 0.1) is 0 Å².